The van der Waals surface area contributed by atoms with Crippen molar-refractivity contribution in [1.29, 1.82) is 0 Å². The molecule has 4 rings (SSSR count). The number of rotatable bonds is 6. The standard InChI is InChI=1S/C23H25N5O4/c1-31-19-6-5-15(10-20(19)32-2)11-22(30)28-9-3-4-16(14-28)17-12-21(29)27-23(26-17)18-13-24-7-8-25-18/h5-8,10,12-13,16H,3-4,9,11,14H2,1-2H3,(H,26,27,29)/t16-/m0/s1. The van der Waals surface area contributed by atoms with Gasteiger partial charge < -0.3 is 19.4 Å². The summed E-state index contributed by atoms with van der Waals surface area (Å²) in [6.07, 6.45) is 6.64. The Balaban J connectivity index is 1.50. The van der Waals surface area contributed by atoms with Crippen molar-refractivity contribution in [3.8, 4) is 23.0 Å². The number of piperidine rings is 1. The molecule has 1 amide bonds. The number of ether oxygens (including phenoxy) is 2. The number of hydrogen-bond acceptors (Lipinski definition) is 7. The Morgan fingerprint density at radius 3 is 2.78 bits per heavy atom. The predicted molar refractivity (Wildman–Crippen MR) is 118 cm³/mol. The molecule has 1 saturated heterocycles. The summed E-state index contributed by atoms with van der Waals surface area (Å²) in [6.45, 7) is 1.20. The molecule has 0 bridgehead atoms. The minimum Gasteiger partial charge on any atom is -0.493 e. The highest BCUT2D eigenvalue weighted by Gasteiger charge is 2.26. The van der Waals surface area contributed by atoms with Gasteiger partial charge in [0.2, 0.25) is 5.91 Å². The fraction of sp³-hybridized carbons (Fsp3) is 0.348. The van der Waals surface area contributed by atoms with Crippen LogP contribution in [0.5, 0.6) is 11.5 Å². The molecule has 2 aromatic heterocycles. The average molecular weight is 435 g/mol. The lowest BCUT2D eigenvalue weighted by molar-refractivity contribution is -0.131. The predicted octanol–water partition coefficient (Wildman–Crippen LogP) is 2.19. The van der Waals surface area contributed by atoms with E-state index < -0.39 is 0 Å². The molecule has 0 spiro atoms. The van der Waals surface area contributed by atoms with Gasteiger partial charge in [0.15, 0.2) is 17.3 Å². The zero-order chi connectivity index (χ0) is 22.5. The zero-order valence-electron chi connectivity index (χ0n) is 18.1. The fourth-order valence-electron chi connectivity index (χ4n) is 3.95. The van der Waals surface area contributed by atoms with Crippen LogP contribution in [0.1, 0.15) is 30.0 Å². The smallest absolute Gasteiger partial charge is 0.251 e. The van der Waals surface area contributed by atoms with E-state index in [0.29, 0.717) is 41.8 Å². The summed E-state index contributed by atoms with van der Waals surface area (Å²) >= 11 is 0. The molecule has 3 heterocycles. The topological polar surface area (TPSA) is 110 Å². The van der Waals surface area contributed by atoms with E-state index in [1.54, 1.807) is 38.9 Å². The maximum atomic E-state index is 13.0. The van der Waals surface area contributed by atoms with Crippen LogP contribution in [0.25, 0.3) is 11.5 Å². The highest BCUT2D eigenvalue weighted by atomic mass is 16.5. The van der Waals surface area contributed by atoms with Gasteiger partial charge in [-0.3, -0.25) is 14.6 Å². The molecule has 0 unspecified atom stereocenters. The van der Waals surface area contributed by atoms with Crippen LogP contribution in [0.2, 0.25) is 0 Å². The van der Waals surface area contributed by atoms with Crippen LogP contribution in [0.3, 0.4) is 0 Å². The monoisotopic (exact) mass is 435 g/mol. The van der Waals surface area contributed by atoms with Crippen LogP contribution in [-0.4, -0.2) is 58.1 Å². The summed E-state index contributed by atoms with van der Waals surface area (Å²) in [5.74, 6) is 1.62. The molecule has 9 heteroatoms. The minimum atomic E-state index is -0.246. The van der Waals surface area contributed by atoms with Crippen molar-refractivity contribution in [3.63, 3.8) is 0 Å². The molecule has 166 valence electrons. The van der Waals surface area contributed by atoms with Gasteiger partial charge in [-0.15, -0.1) is 0 Å². The number of H-pyrrole nitrogens is 1. The van der Waals surface area contributed by atoms with Crippen molar-refractivity contribution in [2.24, 2.45) is 0 Å². The second-order valence-corrected chi connectivity index (χ2v) is 7.65. The van der Waals surface area contributed by atoms with E-state index in [9.17, 15) is 9.59 Å². The van der Waals surface area contributed by atoms with Crippen LogP contribution in [0, 0.1) is 0 Å². The number of hydrogen-bond donors (Lipinski definition) is 1. The van der Waals surface area contributed by atoms with E-state index in [1.807, 2.05) is 17.0 Å². The Kier molecular flexibility index (Phi) is 6.44. The van der Waals surface area contributed by atoms with Gasteiger partial charge in [0.25, 0.3) is 5.56 Å². The number of amides is 1. The summed E-state index contributed by atoms with van der Waals surface area (Å²) in [5.41, 5.74) is 1.78. The molecule has 1 N–H and O–H groups in total. The van der Waals surface area contributed by atoms with Crippen molar-refractivity contribution >= 4 is 5.91 Å². The van der Waals surface area contributed by atoms with E-state index in [4.69, 9.17) is 9.47 Å². The van der Waals surface area contributed by atoms with Gasteiger partial charge in [0, 0.05) is 37.5 Å². The highest BCUT2D eigenvalue weighted by Crippen LogP contribution is 2.29. The number of likely N-dealkylation sites (tertiary alicyclic amines) is 1. The maximum absolute atomic E-state index is 13.0. The number of aromatic nitrogens is 4. The number of nitrogens with one attached hydrogen (secondary N) is 1. The first-order valence-corrected chi connectivity index (χ1v) is 10.4. The van der Waals surface area contributed by atoms with Gasteiger partial charge in [0.1, 0.15) is 5.69 Å². The molecule has 1 aromatic carbocycles. The van der Waals surface area contributed by atoms with Gasteiger partial charge in [-0.05, 0) is 30.5 Å². The number of methoxy groups -OCH3 is 2. The van der Waals surface area contributed by atoms with Crippen molar-refractivity contribution in [3.05, 3.63) is 64.5 Å². The normalized spacial score (nSPS) is 15.9. The third kappa shape index (κ3) is 4.77. The summed E-state index contributed by atoms with van der Waals surface area (Å²) in [4.78, 5) is 42.7. The minimum absolute atomic E-state index is 0.0178. The van der Waals surface area contributed by atoms with Crippen LogP contribution in [-0.2, 0) is 11.2 Å². The van der Waals surface area contributed by atoms with E-state index in [1.165, 1.54) is 6.07 Å². The molecule has 1 fully saturated rings. The molecule has 9 nitrogen and oxygen atoms in total. The van der Waals surface area contributed by atoms with Crippen molar-refractivity contribution in [2.45, 2.75) is 25.2 Å². The summed E-state index contributed by atoms with van der Waals surface area (Å²) in [7, 11) is 3.15. The molecule has 1 atom stereocenters. The molecule has 3 aromatic rings. The van der Waals surface area contributed by atoms with Gasteiger partial charge in [-0.25, -0.2) is 9.97 Å². The number of carbonyl (C=O) groups is 1. The molecule has 1 aliphatic rings. The number of carbonyl (C=O) groups excluding carboxylic acids is 1. The Morgan fingerprint density at radius 1 is 1.19 bits per heavy atom. The lowest BCUT2D eigenvalue weighted by atomic mass is 9.94. The second kappa shape index (κ2) is 9.59. The zero-order valence-corrected chi connectivity index (χ0v) is 18.1. The van der Waals surface area contributed by atoms with Crippen LogP contribution >= 0.6 is 0 Å². The number of aromatic amines is 1. The second-order valence-electron chi connectivity index (χ2n) is 7.65. The maximum Gasteiger partial charge on any atom is 0.251 e. The van der Waals surface area contributed by atoms with Gasteiger partial charge in [-0.1, -0.05) is 6.07 Å². The van der Waals surface area contributed by atoms with Crippen LogP contribution < -0.4 is 15.0 Å². The molecule has 0 aliphatic carbocycles. The largest absolute Gasteiger partial charge is 0.493 e. The summed E-state index contributed by atoms with van der Waals surface area (Å²) < 4.78 is 10.6. The third-order valence-electron chi connectivity index (χ3n) is 5.56. The fourth-order valence-corrected chi connectivity index (χ4v) is 3.95. The molecule has 32 heavy (non-hydrogen) atoms. The van der Waals surface area contributed by atoms with E-state index in [-0.39, 0.29) is 23.8 Å². The van der Waals surface area contributed by atoms with Gasteiger partial charge in [0.05, 0.1) is 32.5 Å². The number of nitrogens with zero attached hydrogens (tertiary/aromatic N) is 4. The quantitative estimate of drug-likeness (QED) is 0.632. The summed E-state index contributed by atoms with van der Waals surface area (Å²) in [5, 5.41) is 0. The first-order chi connectivity index (χ1) is 15.6. The Hall–Kier alpha value is -3.75. The van der Waals surface area contributed by atoms with Gasteiger partial charge in [-0.2, -0.15) is 0 Å². The van der Waals surface area contributed by atoms with E-state index >= 15 is 0 Å². The summed E-state index contributed by atoms with van der Waals surface area (Å²) in [6, 6.07) is 7.00. The van der Waals surface area contributed by atoms with Crippen molar-refractivity contribution < 1.29 is 14.3 Å². The Labute approximate surface area is 185 Å². The Morgan fingerprint density at radius 2 is 2.03 bits per heavy atom. The first-order valence-electron chi connectivity index (χ1n) is 10.4. The lowest BCUT2D eigenvalue weighted by Gasteiger charge is -2.32. The van der Waals surface area contributed by atoms with Crippen molar-refractivity contribution in [1.82, 2.24) is 24.8 Å². The average Bonchev–Trinajstić information content (AvgIpc) is 2.84. The third-order valence-corrected chi connectivity index (χ3v) is 5.56. The number of benzene rings is 1. The van der Waals surface area contributed by atoms with E-state index in [2.05, 4.69) is 19.9 Å². The van der Waals surface area contributed by atoms with Crippen molar-refractivity contribution in [2.75, 3.05) is 27.3 Å². The lowest BCUT2D eigenvalue weighted by Crippen LogP contribution is -2.40. The molecule has 0 saturated carbocycles. The van der Waals surface area contributed by atoms with Crippen LogP contribution in [0.4, 0.5) is 0 Å². The molecular formula is C23H25N5O4. The van der Waals surface area contributed by atoms with Gasteiger partial charge >= 0.3 is 0 Å². The molecular weight excluding hydrogens is 410 g/mol. The molecule has 0 radical (unpaired) electrons. The van der Waals surface area contributed by atoms with E-state index in [0.717, 1.165) is 18.4 Å². The van der Waals surface area contributed by atoms with Crippen LogP contribution in [0.15, 0.2) is 47.7 Å². The highest BCUT2D eigenvalue weighted by molar-refractivity contribution is 5.79. The Bertz CT molecular complexity index is 1150. The first kappa shape index (κ1) is 21.5. The SMILES string of the molecule is COc1ccc(CC(=O)N2CCC[C@H](c3cc(=O)[nH]c(-c4cnccn4)n3)C2)cc1OC. The molecule has 1 aliphatic heterocycles.